The van der Waals surface area contributed by atoms with Gasteiger partial charge in [0.15, 0.2) is 0 Å². The van der Waals surface area contributed by atoms with Crippen LogP contribution in [-0.2, 0) is 0 Å². The smallest absolute Gasteiger partial charge is 0.255 e. The molecule has 0 spiro atoms. The summed E-state index contributed by atoms with van der Waals surface area (Å²) in [5, 5.41) is 2.66. The first-order chi connectivity index (χ1) is 9.60. The molecular formula is C14H13FN2O2S. The molecule has 1 N–H and O–H groups in total. The van der Waals surface area contributed by atoms with Crippen LogP contribution in [0.4, 0.5) is 10.1 Å². The Morgan fingerprint density at radius 1 is 1.40 bits per heavy atom. The molecule has 0 aliphatic carbocycles. The van der Waals surface area contributed by atoms with Crippen molar-refractivity contribution in [3.05, 3.63) is 47.9 Å². The topological polar surface area (TPSA) is 51.2 Å². The highest BCUT2D eigenvalue weighted by Gasteiger charge is 2.09. The summed E-state index contributed by atoms with van der Waals surface area (Å²) < 4.78 is 18.3. The summed E-state index contributed by atoms with van der Waals surface area (Å²) in [5.41, 5.74) is 0.855. The van der Waals surface area contributed by atoms with E-state index in [1.807, 2.05) is 6.92 Å². The van der Waals surface area contributed by atoms with E-state index in [4.69, 9.17) is 4.74 Å². The SMILES string of the molecule is CCOc1ccc(NC(=O)c2ccc(F)c(S)c2)cn1. The molecule has 0 atom stereocenters. The molecule has 4 nitrogen and oxygen atoms in total. The van der Waals surface area contributed by atoms with Crippen LogP contribution in [0.2, 0.25) is 0 Å². The van der Waals surface area contributed by atoms with Gasteiger partial charge in [0.2, 0.25) is 5.88 Å². The summed E-state index contributed by atoms with van der Waals surface area (Å²) in [5.74, 6) is -0.330. The molecule has 1 aromatic heterocycles. The minimum Gasteiger partial charge on any atom is -0.478 e. The van der Waals surface area contributed by atoms with Crippen molar-refractivity contribution in [1.29, 1.82) is 0 Å². The Morgan fingerprint density at radius 3 is 2.80 bits per heavy atom. The van der Waals surface area contributed by atoms with E-state index in [9.17, 15) is 9.18 Å². The van der Waals surface area contributed by atoms with Crippen molar-refractivity contribution in [2.45, 2.75) is 11.8 Å². The predicted molar refractivity (Wildman–Crippen MR) is 77.0 cm³/mol. The first-order valence-corrected chi connectivity index (χ1v) is 6.43. The third-order valence-corrected chi connectivity index (χ3v) is 2.84. The van der Waals surface area contributed by atoms with Gasteiger partial charge >= 0.3 is 0 Å². The van der Waals surface area contributed by atoms with Crippen molar-refractivity contribution in [2.75, 3.05) is 11.9 Å². The first kappa shape index (κ1) is 14.3. The maximum absolute atomic E-state index is 13.1. The molecule has 0 aliphatic rings. The van der Waals surface area contributed by atoms with E-state index in [0.29, 0.717) is 23.7 Å². The van der Waals surface area contributed by atoms with E-state index in [0.717, 1.165) is 0 Å². The molecule has 0 unspecified atom stereocenters. The number of carbonyl (C=O) groups excluding carboxylic acids is 1. The summed E-state index contributed by atoms with van der Waals surface area (Å²) >= 11 is 3.94. The number of hydrogen-bond acceptors (Lipinski definition) is 4. The summed E-state index contributed by atoms with van der Waals surface area (Å²) in [4.78, 5) is 16.1. The summed E-state index contributed by atoms with van der Waals surface area (Å²) in [6, 6.07) is 7.31. The molecule has 0 aliphatic heterocycles. The van der Waals surface area contributed by atoms with Gasteiger partial charge in [0.25, 0.3) is 5.91 Å². The second-order valence-corrected chi connectivity index (χ2v) is 4.42. The number of thiol groups is 1. The second-order valence-electron chi connectivity index (χ2n) is 3.94. The standard InChI is InChI=1S/C14H13FN2O2S/c1-2-19-13-6-4-10(8-16-13)17-14(18)9-3-5-11(15)12(20)7-9/h3-8,20H,2H2,1H3,(H,17,18). The van der Waals surface area contributed by atoms with E-state index in [2.05, 4.69) is 22.9 Å². The number of rotatable bonds is 4. The third-order valence-electron chi connectivity index (χ3n) is 2.49. The quantitative estimate of drug-likeness (QED) is 0.851. The fourth-order valence-electron chi connectivity index (χ4n) is 1.54. The lowest BCUT2D eigenvalue weighted by Crippen LogP contribution is -2.12. The van der Waals surface area contributed by atoms with Gasteiger partial charge in [-0.1, -0.05) is 0 Å². The van der Waals surface area contributed by atoms with Crippen molar-refractivity contribution in [1.82, 2.24) is 4.98 Å². The summed E-state index contributed by atoms with van der Waals surface area (Å²) in [6.07, 6.45) is 1.49. The Hall–Kier alpha value is -2.08. The Balaban J connectivity index is 2.08. The number of carbonyl (C=O) groups is 1. The van der Waals surface area contributed by atoms with Crippen molar-refractivity contribution < 1.29 is 13.9 Å². The Labute approximate surface area is 121 Å². The van der Waals surface area contributed by atoms with Gasteiger partial charge in [-0.05, 0) is 31.2 Å². The molecule has 1 amide bonds. The molecule has 0 radical (unpaired) electrons. The highest BCUT2D eigenvalue weighted by molar-refractivity contribution is 7.80. The molecule has 0 fully saturated rings. The zero-order chi connectivity index (χ0) is 14.5. The average Bonchev–Trinajstić information content (AvgIpc) is 2.44. The minimum absolute atomic E-state index is 0.127. The van der Waals surface area contributed by atoms with Gasteiger partial charge in [-0.2, -0.15) is 0 Å². The van der Waals surface area contributed by atoms with Gasteiger partial charge < -0.3 is 10.1 Å². The van der Waals surface area contributed by atoms with E-state index in [1.54, 1.807) is 12.1 Å². The molecule has 0 saturated carbocycles. The fraction of sp³-hybridized carbons (Fsp3) is 0.143. The number of amides is 1. The van der Waals surface area contributed by atoms with Gasteiger partial charge in [-0.3, -0.25) is 4.79 Å². The van der Waals surface area contributed by atoms with Gasteiger partial charge in [-0.25, -0.2) is 9.37 Å². The highest BCUT2D eigenvalue weighted by atomic mass is 32.1. The van der Waals surface area contributed by atoms with Crippen LogP contribution >= 0.6 is 12.6 Å². The molecule has 1 aromatic carbocycles. The zero-order valence-corrected chi connectivity index (χ0v) is 11.7. The lowest BCUT2D eigenvalue weighted by Gasteiger charge is -2.07. The van der Waals surface area contributed by atoms with Gasteiger partial charge in [0, 0.05) is 16.5 Å². The van der Waals surface area contributed by atoms with Gasteiger partial charge in [0.1, 0.15) is 5.82 Å². The predicted octanol–water partition coefficient (Wildman–Crippen LogP) is 3.16. The number of hydrogen-bond donors (Lipinski definition) is 2. The van der Waals surface area contributed by atoms with Gasteiger partial charge in [-0.15, -0.1) is 12.6 Å². The van der Waals surface area contributed by atoms with Gasteiger partial charge in [0.05, 0.1) is 18.5 Å². The Bertz CT molecular complexity index is 617. The molecule has 104 valence electrons. The number of pyridine rings is 1. The molecule has 6 heteroatoms. The number of ether oxygens (including phenoxy) is 1. The Morgan fingerprint density at radius 2 is 2.20 bits per heavy atom. The maximum atomic E-state index is 13.1. The number of aromatic nitrogens is 1. The van der Waals surface area contributed by atoms with Crippen LogP contribution < -0.4 is 10.1 Å². The minimum atomic E-state index is -0.465. The lowest BCUT2D eigenvalue weighted by atomic mass is 10.2. The van der Waals surface area contributed by atoms with Crippen LogP contribution in [0.3, 0.4) is 0 Å². The largest absolute Gasteiger partial charge is 0.478 e. The van der Waals surface area contributed by atoms with Crippen LogP contribution in [0.5, 0.6) is 5.88 Å². The fourth-order valence-corrected chi connectivity index (χ4v) is 1.76. The van der Waals surface area contributed by atoms with Crippen LogP contribution in [0.15, 0.2) is 41.4 Å². The first-order valence-electron chi connectivity index (χ1n) is 5.99. The molecular weight excluding hydrogens is 279 g/mol. The van der Waals surface area contributed by atoms with E-state index in [1.165, 1.54) is 24.4 Å². The normalized spacial score (nSPS) is 10.2. The maximum Gasteiger partial charge on any atom is 0.255 e. The molecule has 2 aromatic rings. The number of nitrogens with one attached hydrogen (secondary N) is 1. The van der Waals surface area contributed by atoms with Crippen molar-refractivity contribution in [3.8, 4) is 5.88 Å². The number of benzene rings is 1. The monoisotopic (exact) mass is 292 g/mol. The molecule has 1 heterocycles. The number of nitrogens with zero attached hydrogens (tertiary/aromatic N) is 1. The highest BCUT2D eigenvalue weighted by Crippen LogP contribution is 2.16. The van der Waals surface area contributed by atoms with Crippen LogP contribution in [0.25, 0.3) is 0 Å². The molecule has 0 saturated heterocycles. The molecule has 0 bridgehead atoms. The van der Waals surface area contributed by atoms with E-state index in [-0.39, 0.29) is 10.8 Å². The number of halogens is 1. The second kappa shape index (κ2) is 6.38. The van der Waals surface area contributed by atoms with E-state index >= 15 is 0 Å². The summed E-state index contributed by atoms with van der Waals surface area (Å²) in [6.45, 7) is 2.39. The van der Waals surface area contributed by atoms with Crippen LogP contribution in [0.1, 0.15) is 17.3 Å². The lowest BCUT2D eigenvalue weighted by molar-refractivity contribution is 0.102. The average molecular weight is 292 g/mol. The number of anilines is 1. The molecule has 20 heavy (non-hydrogen) atoms. The molecule has 2 rings (SSSR count). The third kappa shape index (κ3) is 3.48. The Kier molecular flexibility index (Phi) is 4.57. The van der Waals surface area contributed by atoms with Crippen LogP contribution in [0, 0.1) is 5.82 Å². The zero-order valence-electron chi connectivity index (χ0n) is 10.8. The van der Waals surface area contributed by atoms with Crippen molar-refractivity contribution >= 4 is 24.2 Å². The summed E-state index contributed by atoms with van der Waals surface area (Å²) in [7, 11) is 0. The van der Waals surface area contributed by atoms with Crippen molar-refractivity contribution in [3.63, 3.8) is 0 Å². The van der Waals surface area contributed by atoms with Crippen molar-refractivity contribution in [2.24, 2.45) is 0 Å². The van der Waals surface area contributed by atoms with Crippen LogP contribution in [-0.4, -0.2) is 17.5 Å². The van der Waals surface area contributed by atoms with E-state index < -0.39 is 5.82 Å².